The van der Waals surface area contributed by atoms with Crippen LogP contribution in [0.25, 0.3) is 0 Å². The Bertz CT molecular complexity index is 773. The average Bonchev–Trinajstić information content (AvgIpc) is 2.40. The molecule has 0 bridgehead atoms. The maximum Gasteiger partial charge on any atom is 0.238 e. The van der Waals surface area contributed by atoms with E-state index in [0.717, 1.165) is 21.3 Å². The summed E-state index contributed by atoms with van der Waals surface area (Å²) in [4.78, 5) is 0.152. The molecule has 0 heterocycles. The fourth-order valence-corrected chi connectivity index (χ4v) is 3.18. The second-order valence-electron chi connectivity index (χ2n) is 4.91. The van der Waals surface area contributed by atoms with Crippen molar-refractivity contribution in [3.8, 4) is 0 Å². The number of hydrogen-bond donors (Lipinski definition) is 2. The molecule has 0 amide bonds. The summed E-state index contributed by atoms with van der Waals surface area (Å²) in [5.74, 6) is 0. The highest BCUT2D eigenvalue weighted by molar-refractivity contribution is 9.10. The van der Waals surface area contributed by atoms with Crippen LogP contribution < -0.4 is 10.5 Å². The quantitative estimate of drug-likeness (QED) is 0.869. The summed E-state index contributed by atoms with van der Waals surface area (Å²) >= 11 is 3.47. The summed E-state index contributed by atoms with van der Waals surface area (Å²) < 4.78 is 24.1. The van der Waals surface area contributed by atoms with E-state index in [9.17, 15) is 8.42 Å². The van der Waals surface area contributed by atoms with Gasteiger partial charge in [0.05, 0.1) is 4.90 Å². The number of nitrogens with one attached hydrogen (secondary N) is 1. The fraction of sp³-hybridized carbons (Fsp3) is 0.200. The molecule has 3 N–H and O–H groups in total. The SMILES string of the molecule is Cc1cc(CNc2cccc(S(N)(=O)=O)c2C)ccc1Br. The molecule has 0 radical (unpaired) electrons. The number of nitrogens with two attached hydrogens (primary N) is 1. The fourth-order valence-electron chi connectivity index (χ4n) is 2.13. The van der Waals surface area contributed by atoms with E-state index in [4.69, 9.17) is 5.14 Å². The molecule has 2 rings (SSSR count). The van der Waals surface area contributed by atoms with Gasteiger partial charge in [-0.05, 0) is 48.7 Å². The predicted octanol–water partition coefficient (Wildman–Crippen LogP) is 3.33. The standard InChI is InChI=1S/C15H17BrN2O2S/c1-10-8-12(6-7-13(10)16)9-18-14-4-3-5-15(11(14)2)21(17,19)20/h3-8,18H,9H2,1-2H3,(H2,17,19,20). The van der Waals surface area contributed by atoms with Gasteiger partial charge >= 0.3 is 0 Å². The van der Waals surface area contributed by atoms with Crippen molar-refractivity contribution >= 4 is 31.6 Å². The lowest BCUT2D eigenvalue weighted by atomic mass is 10.1. The van der Waals surface area contributed by atoms with Crippen LogP contribution in [0.4, 0.5) is 5.69 Å². The van der Waals surface area contributed by atoms with Gasteiger partial charge in [0.25, 0.3) is 0 Å². The number of hydrogen-bond acceptors (Lipinski definition) is 3. The molecular weight excluding hydrogens is 352 g/mol. The van der Waals surface area contributed by atoms with E-state index in [1.807, 2.05) is 25.1 Å². The minimum absolute atomic E-state index is 0.152. The van der Waals surface area contributed by atoms with Gasteiger partial charge in [0.15, 0.2) is 0 Å². The summed E-state index contributed by atoms with van der Waals surface area (Å²) in [6.07, 6.45) is 0. The molecular formula is C15H17BrN2O2S. The zero-order chi connectivity index (χ0) is 15.6. The molecule has 6 heteroatoms. The lowest BCUT2D eigenvalue weighted by Gasteiger charge is -2.13. The number of halogens is 1. The third kappa shape index (κ3) is 3.84. The van der Waals surface area contributed by atoms with E-state index in [2.05, 4.69) is 27.3 Å². The van der Waals surface area contributed by atoms with Crippen LogP contribution in [0.3, 0.4) is 0 Å². The minimum atomic E-state index is -3.70. The highest BCUT2D eigenvalue weighted by atomic mass is 79.9. The van der Waals surface area contributed by atoms with Crippen molar-refractivity contribution in [1.29, 1.82) is 0 Å². The summed E-state index contributed by atoms with van der Waals surface area (Å²) in [6.45, 7) is 4.39. The van der Waals surface area contributed by atoms with Gasteiger partial charge in [0.1, 0.15) is 0 Å². The molecule has 0 saturated carbocycles. The third-order valence-electron chi connectivity index (χ3n) is 3.30. The average molecular weight is 369 g/mol. The monoisotopic (exact) mass is 368 g/mol. The summed E-state index contributed by atoms with van der Waals surface area (Å²) in [6, 6.07) is 11.1. The molecule has 0 aliphatic rings. The number of benzene rings is 2. The summed E-state index contributed by atoms with van der Waals surface area (Å²) in [5.41, 5.74) is 3.68. The van der Waals surface area contributed by atoms with Crippen molar-refractivity contribution in [2.45, 2.75) is 25.3 Å². The van der Waals surface area contributed by atoms with E-state index in [-0.39, 0.29) is 4.90 Å². The normalized spacial score (nSPS) is 11.4. The van der Waals surface area contributed by atoms with Gasteiger partial charge in [-0.1, -0.05) is 34.1 Å². The highest BCUT2D eigenvalue weighted by Crippen LogP contribution is 2.23. The first-order chi connectivity index (χ1) is 9.79. The second kappa shape index (κ2) is 6.17. The molecule has 0 saturated heterocycles. The van der Waals surface area contributed by atoms with Crippen molar-refractivity contribution in [2.75, 3.05) is 5.32 Å². The molecule has 0 aliphatic heterocycles. The third-order valence-corrected chi connectivity index (χ3v) is 5.24. The molecule has 4 nitrogen and oxygen atoms in total. The van der Waals surface area contributed by atoms with Crippen LogP contribution in [0.5, 0.6) is 0 Å². The number of aryl methyl sites for hydroxylation is 1. The van der Waals surface area contributed by atoms with Crippen LogP contribution >= 0.6 is 15.9 Å². The predicted molar refractivity (Wildman–Crippen MR) is 88.8 cm³/mol. The smallest absolute Gasteiger partial charge is 0.238 e. The molecule has 21 heavy (non-hydrogen) atoms. The van der Waals surface area contributed by atoms with Gasteiger partial charge in [-0.15, -0.1) is 0 Å². The molecule has 2 aromatic rings. The maximum atomic E-state index is 11.5. The molecule has 2 aromatic carbocycles. The Morgan fingerprint density at radius 3 is 2.52 bits per heavy atom. The van der Waals surface area contributed by atoms with Gasteiger partial charge in [-0.25, -0.2) is 13.6 Å². The lowest BCUT2D eigenvalue weighted by Crippen LogP contribution is -2.14. The first kappa shape index (κ1) is 16.0. The Balaban J connectivity index is 2.23. The van der Waals surface area contributed by atoms with E-state index in [1.54, 1.807) is 13.0 Å². The molecule has 0 aliphatic carbocycles. The number of sulfonamides is 1. The van der Waals surface area contributed by atoms with E-state index >= 15 is 0 Å². The van der Waals surface area contributed by atoms with Crippen LogP contribution in [0.1, 0.15) is 16.7 Å². The number of rotatable bonds is 4. The summed E-state index contributed by atoms with van der Waals surface area (Å²) in [7, 11) is -3.70. The van der Waals surface area contributed by atoms with Gasteiger partial charge in [-0.3, -0.25) is 0 Å². The lowest BCUT2D eigenvalue weighted by molar-refractivity contribution is 0.597. The Morgan fingerprint density at radius 2 is 1.90 bits per heavy atom. The molecule has 0 aromatic heterocycles. The Kier molecular flexibility index (Phi) is 4.70. The molecule has 0 fully saturated rings. The summed E-state index contributed by atoms with van der Waals surface area (Å²) in [5, 5.41) is 8.46. The topological polar surface area (TPSA) is 72.2 Å². The largest absolute Gasteiger partial charge is 0.381 e. The van der Waals surface area contributed by atoms with Gasteiger partial charge < -0.3 is 5.32 Å². The molecule has 0 spiro atoms. The Hall–Kier alpha value is -1.37. The van der Waals surface area contributed by atoms with E-state index < -0.39 is 10.0 Å². The Morgan fingerprint density at radius 1 is 1.19 bits per heavy atom. The first-order valence-corrected chi connectivity index (χ1v) is 8.74. The zero-order valence-corrected chi connectivity index (χ0v) is 14.3. The molecule has 0 unspecified atom stereocenters. The van der Waals surface area contributed by atoms with Gasteiger partial charge in [0.2, 0.25) is 10.0 Å². The maximum absolute atomic E-state index is 11.5. The zero-order valence-electron chi connectivity index (χ0n) is 11.9. The van der Waals surface area contributed by atoms with Crippen LogP contribution in [-0.4, -0.2) is 8.42 Å². The van der Waals surface area contributed by atoms with Crippen LogP contribution in [0.2, 0.25) is 0 Å². The van der Waals surface area contributed by atoms with Crippen molar-refractivity contribution in [3.63, 3.8) is 0 Å². The van der Waals surface area contributed by atoms with Gasteiger partial charge in [0, 0.05) is 16.7 Å². The van der Waals surface area contributed by atoms with Crippen molar-refractivity contribution in [3.05, 3.63) is 57.6 Å². The van der Waals surface area contributed by atoms with Crippen LogP contribution in [0, 0.1) is 13.8 Å². The van der Waals surface area contributed by atoms with Crippen LogP contribution in [0.15, 0.2) is 45.8 Å². The van der Waals surface area contributed by atoms with Gasteiger partial charge in [-0.2, -0.15) is 0 Å². The second-order valence-corrected chi connectivity index (χ2v) is 7.29. The van der Waals surface area contributed by atoms with Crippen LogP contribution in [-0.2, 0) is 16.6 Å². The number of primary sulfonamides is 1. The van der Waals surface area contributed by atoms with Crippen molar-refractivity contribution in [2.24, 2.45) is 5.14 Å². The molecule has 0 atom stereocenters. The van der Waals surface area contributed by atoms with E-state index in [0.29, 0.717) is 12.1 Å². The Labute approximate surface area is 133 Å². The highest BCUT2D eigenvalue weighted by Gasteiger charge is 2.13. The van der Waals surface area contributed by atoms with E-state index in [1.165, 1.54) is 6.07 Å². The van der Waals surface area contributed by atoms with Crippen molar-refractivity contribution < 1.29 is 8.42 Å². The minimum Gasteiger partial charge on any atom is -0.381 e. The first-order valence-electron chi connectivity index (χ1n) is 6.40. The molecule has 112 valence electrons. The van der Waals surface area contributed by atoms with Crippen molar-refractivity contribution in [1.82, 2.24) is 0 Å². The number of anilines is 1.